The molecule has 0 heterocycles. The van der Waals surface area contributed by atoms with E-state index in [0.29, 0.717) is 16.6 Å². The Kier molecular flexibility index (Phi) is 19.2. The van der Waals surface area contributed by atoms with Crippen LogP contribution in [0.4, 0.5) is 0 Å². The topological polar surface area (TPSA) is 17.1 Å². The molecule has 2 saturated carbocycles. The summed E-state index contributed by atoms with van der Waals surface area (Å²) in [4.78, 5) is 11.3. The van der Waals surface area contributed by atoms with Crippen molar-refractivity contribution in [3.8, 4) is 0 Å². The van der Waals surface area contributed by atoms with Crippen molar-refractivity contribution >= 4 is 5.78 Å². The molecule has 0 amide bonds. The molecule has 0 N–H and O–H groups in total. The molecule has 0 saturated heterocycles. The van der Waals surface area contributed by atoms with Crippen molar-refractivity contribution in [2.45, 2.75) is 128 Å². The lowest BCUT2D eigenvalue weighted by Gasteiger charge is -2.33. The number of hydrogen-bond donors (Lipinski definition) is 0. The van der Waals surface area contributed by atoms with Gasteiger partial charge in [-0.15, -0.1) is 0 Å². The molecule has 148 valence electrons. The Balaban J connectivity index is -0.000000375. The van der Waals surface area contributed by atoms with Crippen molar-refractivity contribution in [2.75, 3.05) is 0 Å². The second-order valence-corrected chi connectivity index (χ2v) is 6.66. The molecule has 0 radical (unpaired) electrons. The van der Waals surface area contributed by atoms with E-state index in [1.807, 2.05) is 41.5 Å². The van der Waals surface area contributed by atoms with Gasteiger partial charge in [0.15, 0.2) is 0 Å². The molecule has 1 heteroatoms. The zero-order chi connectivity index (χ0) is 19.8. The number of rotatable bonds is 5. The molecule has 24 heavy (non-hydrogen) atoms. The van der Waals surface area contributed by atoms with Crippen LogP contribution in [0.3, 0.4) is 0 Å². The fourth-order valence-electron chi connectivity index (χ4n) is 3.58. The zero-order valence-electron chi connectivity index (χ0n) is 19.1. The van der Waals surface area contributed by atoms with Crippen molar-refractivity contribution in [1.29, 1.82) is 0 Å². The average molecular weight is 343 g/mol. The maximum Gasteiger partial charge on any atom is 0.132 e. The highest BCUT2D eigenvalue weighted by Crippen LogP contribution is 2.77. The second-order valence-electron chi connectivity index (χ2n) is 6.66. The van der Waals surface area contributed by atoms with E-state index in [-0.39, 0.29) is 5.92 Å². The normalized spacial score (nSPS) is 22.5. The van der Waals surface area contributed by atoms with Crippen LogP contribution in [0.25, 0.3) is 0 Å². The number of unbranched alkanes of at least 4 members (excludes halogenated alkanes) is 1. The molecule has 2 atom stereocenters. The lowest BCUT2D eigenvalue weighted by Crippen LogP contribution is -2.24. The first-order valence-corrected chi connectivity index (χ1v) is 11.0. The Morgan fingerprint density at radius 1 is 0.917 bits per heavy atom. The number of carbonyl (C=O) groups excluding carboxylic acids is 1. The van der Waals surface area contributed by atoms with Crippen LogP contribution in [0.15, 0.2) is 0 Å². The SMILES string of the molecule is CC.CC.CC.CCC1(CC(C)C(C)=O)CC12CCC2.CCCC. The summed E-state index contributed by atoms with van der Waals surface area (Å²) in [6.45, 7) is 22.5. The number of hydrogen-bond acceptors (Lipinski definition) is 1. The van der Waals surface area contributed by atoms with Crippen molar-refractivity contribution in [3.05, 3.63) is 0 Å². The minimum atomic E-state index is 0.287. The van der Waals surface area contributed by atoms with E-state index < -0.39 is 0 Å². The summed E-state index contributed by atoms with van der Waals surface area (Å²) in [6.07, 6.45) is 10.8. The molecule has 1 nitrogen and oxygen atoms in total. The first-order chi connectivity index (χ1) is 11.5. The first-order valence-electron chi connectivity index (χ1n) is 11.0. The van der Waals surface area contributed by atoms with Gasteiger partial charge in [0, 0.05) is 5.92 Å². The maximum atomic E-state index is 11.3. The molecule has 0 bridgehead atoms. The quantitative estimate of drug-likeness (QED) is 0.489. The maximum absolute atomic E-state index is 11.3. The summed E-state index contributed by atoms with van der Waals surface area (Å²) >= 11 is 0. The summed E-state index contributed by atoms with van der Waals surface area (Å²) in [5.74, 6) is 0.661. The lowest BCUT2D eigenvalue weighted by atomic mass is 9.71. The summed E-state index contributed by atoms with van der Waals surface area (Å²) in [5, 5.41) is 0. The highest BCUT2D eigenvalue weighted by molar-refractivity contribution is 5.78. The molecule has 0 aromatic rings. The number of Topliss-reactive ketones (excluding diaryl/α,β-unsaturated/α-hetero) is 1. The monoisotopic (exact) mass is 342 g/mol. The molecule has 2 aliphatic carbocycles. The van der Waals surface area contributed by atoms with E-state index in [0.717, 1.165) is 6.42 Å². The van der Waals surface area contributed by atoms with Gasteiger partial charge in [-0.2, -0.15) is 0 Å². The average Bonchev–Trinajstić information content (AvgIpc) is 3.30. The molecular formula is C23H50O. The molecule has 1 spiro atoms. The summed E-state index contributed by atoms with van der Waals surface area (Å²) in [7, 11) is 0. The Morgan fingerprint density at radius 3 is 1.50 bits per heavy atom. The highest BCUT2D eigenvalue weighted by atomic mass is 16.1. The van der Waals surface area contributed by atoms with Crippen LogP contribution < -0.4 is 0 Å². The molecular weight excluding hydrogens is 292 g/mol. The van der Waals surface area contributed by atoms with Crippen LogP contribution in [0.5, 0.6) is 0 Å². The summed E-state index contributed by atoms with van der Waals surface area (Å²) in [5.41, 5.74) is 1.27. The third-order valence-electron chi connectivity index (χ3n) is 5.56. The van der Waals surface area contributed by atoms with Crippen molar-refractivity contribution in [1.82, 2.24) is 0 Å². The van der Waals surface area contributed by atoms with Crippen LogP contribution in [-0.4, -0.2) is 5.78 Å². The Bertz CT molecular complexity index is 276. The number of carbonyl (C=O) groups is 1. The summed E-state index contributed by atoms with van der Waals surface area (Å²) in [6, 6.07) is 0. The van der Waals surface area contributed by atoms with Gasteiger partial charge in [0.25, 0.3) is 0 Å². The van der Waals surface area contributed by atoms with Crippen LogP contribution >= 0.6 is 0 Å². The van der Waals surface area contributed by atoms with Gasteiger partial charge in [-0.1, -0.05) is 88.5 Å². The highest BCUT2D eigenvalue weighted by Gasteiger charge is 2.67. The van der Waals surface area contributed by atoms with Gasteiger partial charge in [-0.3, -0.25) is 4.79 Å². The molecule has 2 aliphatic rings. The molecule has 2 unspecified atom stereocenters. The lowest BCUT2D eigenvalue weighted by molar-refractivity contribution is -0.121. The minimum absolute atomic E-state index is 0.287. The predicted octanol–water partition coefficient (Wildman–Crippen LogP) is 8.46. The molecule has 2 fully saturated rings. The largest absolute Gasteiger partial charge is 0.300 e. The van der Waals surface area contributed by atoms with E-state index in [9.17, 15) is 4.79 Å². The van der Waals surface area contributed by atoms with Crippen LogP contribution in [0.1, 0.15) is 128 Å². The van der Waals surface area contributed by atoms with E-state index in [2.05, 4.69) is 27.7 Å². The smallest absolute Gasteiger partial charge is 0.132 e. The molecule has 0 aliphatic heterocycles. The fourth-order valence-corrected chi connectivity index (χ4v) is 3.58. The van der Waals surface area contributed by atoms with E-state index in [1.165, 1.54) is 44.9 Å². The minimum Gasteiger partial charge on any atom is -0.300 e. The summed E-state index contributed by atoms with van der Waals surface area (Å²) < 4.78 is 0. The first kappa shape index (κ1) is 28.5. The van der Waals surface area contributed by atoms with E-state index in [4.69, 9.17) is 0 Å². The van der Waals surface area contributed by atoms with Gasteiger partial charge in [0.05, 0.1) is 0 Å². The Labute approximate surface area is 155 Å². The van der Waals surface area contributed by atoms with Gasteiger partial charge in [0.1, 0.15) is 5.78 Å². The Morgan fingerprint density at radius 2 is 1.33 bits per heavy atom. The van der Waals surface area contributed by atoms with Gasteiger partial charge >= 0.3 is 0 Å². The van der Waals surface area contributed by atoms with E-state index >= 15 is 0 Å². The van der Waals surface area contributed by atoms with Gasteiger partial charge < -0.3 is 0 Å². The van der Waals surface area contributed by atoms with Crippen molar-refractivity contribution in [3.63, 3.8) is 0 Å². The number of ketones is 1. The zero-order valence-corrected chi connectivity index (χ0v) is 19.1. The predicted molar refractivity (Wildman–Crippen MR) is 113 cm³/mol. The van der Waals surface area contributed by atoms with Crippen LogP contribution in [0.2, 0.25) is 0 Å². The van der Waals surface area contributed by atoms with Crippen molar-refractivity contribution < 1.29 is 4.79 Å². The van der Waals surface area contributed by atoms with Crippen molar-refractivity contribution in [2.24, 2.45) is 16.7 Å². The molecule has 0 aromatic carbocycles. The molecule has 2 rings (SSSR count). The Hall–Kier alpha value is -0.330. The van der Waals surface area contributed by atoms with Gasteiger partial charge in [-0.05, 0) is 49.9 Å². The van der Waals surface area contributed by atoms with Gasteiger partial charge in [-0.25, -0.2) is 0 Å². The molecule has 0 aromatic heterocycles. The second kappa shape index (κ2) is 16.2. The van der Waals surface area contributed by atoms with Gasteiger partial charge in [0.2, 0.25) is 0 Å². The standard InChI is InChI=1S/C13H22O.C4H10.3C2H6/c1-4-12(8-10(2)11(3)14)9-13(12)6-5-7-13;1-3-4-2;3*1-2/h10H,4-9H2,1-3H3;3-4H2,1-2H3;3*1-2H3. The fraction of sp³-hybridized carbons (Fsp3) is 0.957. The third kappa shape index (κ3) is 8.17. The van der Waals surface area contributed by atoms with E-state index in [1.54, 1.807) is 6.92 Å². The third-order valence-corrected chi connectivity index (χ3v) is 5.56. The van der Waals surface area contributed by atoms with Crippen LogP contribution in [-0.2, 0) is 4.79 Å². The van der Waals surface area contributed by atoms with Crippen LogP contribution in [0, 0.1) is 16.7 Å².